The van der Waals surface area contributed by atoms with E-state index in [1.54, 1.807) is 0 Å². The lowest BCUT2D eigenvalue weighted by atomic mass is 10.3. The number of methoxy groups -OCH3 is 1. The molecule has 0 saturated carbocycles. The van der Waals surface area contributed by atoms with Crippen LogP contribution in [0.5, 0.6) is 11.5 Å². The largest absolute Gasteiger partial charge is 0.492 e. The molecule has 0 spiro atoms. The number of hydrogen-bond acceptors (Lipinski definition) is 4. The monoisotopic (exact) mass is 297 g/mol. The molecule has 1 aromatic rings. The van der Waals surface area contributed by atoms with E-state index in [1.165, 1.54) is 17.4 Å². The third-order valence-corrected chi connectivity index (χ3v) is 2.47. The Balaban J connectivity index is 2.37. The van der Waals surface area contributed by atoms with Crippen molar-refractivity contribution >= 4 is 17.7 Å². The van der Waals surface area contributed by atoms with Gasteiger partial charge in [0.15, 0.2) is 11.5 Å². The van der Waals surface area contributed by atoms with E-state index in [0.717, 1.165) is 13.2 Å². The molecule has 0 radical (unpaired) electrons. The van der Waals surface area contributed by atoms with Crippen LogP contribution in [0.15, 0.2) is 18.2 Å². The second kappa shape index (κ2) is 4.37. The molecule has 5 nitrogen and oxygen atoms in total. The number of rotatable bonds is 1. The van der Waals surface area contributed by atoms with E-state index in [0.29, 0.717) is 0 Å². The highest BCUT2D eigenvalue weighted by Crippen LogP contribution is 2.46. The molecule has 1 atom stereocenters. The van der Waals surface area contributed by atoms with Crippen molar-refractivity contribution in [3.05, 3.63) is 23.2 Å². The summed E-state index contributed by atoms with van der Waals surface area (Å²) >= 11 is 5.63. The van der Waals surface area contributed by atoms with Gasteiger partial charge in [0.1, 0.15) is 0 Å². The van der Waals surface area contributed by atoms with E-state index < -0.39 is 18.2 Å². The molecule has 1 aliphatic rings. The molecule has 0 saturated heterocycles. The average molecular weight is 298 g/mol. The molecular formula is C10H7ClF3NO4. The molecule has 104 valence electrons. The van der Waals surface area contributed by atoms with Crippen LogP contribution in [-0.4, -0.2) is 25.3 Å². The van der Waals surface area contributed by atoms with E-state index in [1.807, 2.05) is 0 Å². The molecule has 1 aromatic carbocycles. The van der Waals surface area contributed by atoms with Gasteiger partial charge in [0.05, 0.1) is 7.11 Å². The van der Waals surface area contributed by atoms with Crippen LogP contribution >= 0.6 is 11.6 Å². The van der Waals surface area contributed by atoms with Crippen molar-refractivity contribution in [3.8, 4) is 11.5 Å². The fraction of sp³-hybridized carbons (Fsp3) is 0.300. The molecule has 1 heterocycles. The fourth-order valence-corrected chi connectivity index (χ4v) is 1.56. The van der Waals surface area contributed by atoms with Gasteiger partial charge >= 0.3 is 18.2 Å². The molecular weight excluding hydrogens is 291 g/mol. The average Bonchev–Trinajstić information content (AvgIpc) is 2.66. The van der Waals surface area contributed by atoms with Gasteiger partial charge in [0.2, 0.25) is 0 Å². The minimum atomic E-state index is -5.02. The van der Waals surface area contributed by atoms with Crippen molar-refractivity contribution in [2.45, 2.75) is 12.1 Å². The van der Waals surface area contributed by atoms with Crippen LogP contribution in [-0.2, 0) is 4.74 Å². The number of amides is 1. The molecule has 0 bridgehead atoms. The van der Waals surface area contributed by atoms with Gasteiger partial charge in [-0.1, -0.05) is 11.6 Å². The van der Waals surface area contributed by atoms with Crippen LogP contribution in [0.3, 0.4) is 0 Å². The van der Waals surface area contributed by atoms with Crippen LogP contribution in [0.2, 0.25) is 5.02 Å². The lowest BCUT2D eigenvalue weighted by Gasteiger charge is -2.28. The van der Waals surface area contributed by atoms with Crippen LogP contribution in [0.1, 0.15) is 0 Å². The van der Waals surface area contributed by atoms with Gasteiger partial charge in [-0.05, 0) is 12.1 Å². The highest BCUT2D eigenvalue weighted by Gasteiger charge is 2.66. The summed E-state index contributed by atoms with van der Waals surface area (Å²) < 4.78 is 52.5. The van der Waals surface area contributed by atoms with Gasteiger partial charge in [-0.3, -0.25) is 0 Å². The molecule has 0 aliphatic carbocycles. The number of hydrogen-bond donors (Lipinski definition) is 1. The van der Waals surface area contributed by atoms with E-state index in [2.05, 4.69) is 14.2 Å². The number of ether oxygens (including phenoxy) is 3. The molecule has 0 unspecified atom stereocenters. The molecule has 1 aliphatic heterocycles. The predicted molar refractivity (Wildman–Crippen MR) is 57.0 cm³/mol. The number of carbonyl (C=O) groups is 1. The van der Waals surface area contributed by atoms with Crippen molar-refractivity contribution < 1.29 is 32.2 Å². The number of alkyl halides is 3. The summed E-state index contributed by atoms with van der Waals surface area (Å²) in [6.07, 6.45) is -6.37. The van der Waals surface area contributed by atoms with Gasteiger partial charge in [-0.15, -0.1) is 0 Å². The Bertz CT molecular complexity index is 522. The second-order valence-corrected chi connectivity index (χ2v) is 3.96. The van der Waals surface area contributed by atoms with Gasteiger partial charge in [0, 0.05) is 11.1 Å². The maximum absolute atomic E-state index is 13.0. The highest BCUT2D eigenvalue weighted by molar-refractivity contribution is 6.30. The number of benzene rings is 1. The van der Waals surface area contributed by atoms with Gasteiger partial charge < -0.3 is 14.2 Å². The Morgan fingerprint density at radius 1 is 1.37 bits per heavy atom. The maximum Gasteiger partial charge on any atom is 0.492 e. The number of nitrogens with one attached hydrogen (secondary N) is 1. The Labute approximate surface area is 110 Å². The molecule has 19 heavy (non-hydrogen) atoms. The van der Waals surface area contributed by atoms with E-state index in [-0.39, 0.29) is 16.5 Å². The van der Waals surface area contributed by atoms with E-state index >= 15 is 0 Å². The summed E-state index contributed by atoms with van der Waals surface area (Å²) in [6.45, 7) is 0. The SMILES string of the molecule is COC(=O)N[C@@]1(C(F)(F)F)Oc2ccc(Cl)cc2O1. The van der Waals surface area contributed by atoms with Gasteiger partial charge in [-0.2, -0.15) is 13.2 Å². The quantitative estimate of drug-likeness (QED) is 0.866. The first-order valence-electron chi connectivity index (χ1n) is 4.88. The summed E-state index contributed by atoms with van der Waals surface area (Å²) in [4.78, 5) is 11.0. The zero-order chi connectivity index (χ0) is 14.3. The standard InChI is InChI=1S/C10H7ClF3NO4/c1-17-8(16)15-10(9(12,13)14)18-6-3-2-5(11)4-7(6)19-10/h2-4H,1H3,(H,15,16)/t10-/m0/s1. The van der Waals surface area contributed by atoms with Crippen molar-refractivity contribution in [2.24, 2.45) is 0 Å². The van der Waals surface area contributed by atoms with Crippen molar-refractivity contribution in [2.75, 3.05) is 7.11 Å². The van der Waals surface area contributed by atoms with Crippen LogP contribution in [0.4, 0.5) is 18.0 Å². The Hall–Kier alpha value is -1.83. The molecule has 1 N–H and O–H groups in total. The molecule has 9 heteroatoms. The lowest BCUT2D eigenvalue weighted by molar-refractivity contribution is -0.318. The number of halogens is 4. The number of fused-ring (bicyclic) bond motifs is 1. The van der Waals surface area contributed by atoms with Gasteiger partial charge in [0.25, 0.3) is 0 Å². The summed E-state index contributed by atoms with van der Waals surface area (Å²) in [5.74, 6) is -3.76. The molecule has 1 amide bonds. The van der Waals surface area contributed by atoms with Crippen LogP contribution in [0.25, 0.3) is 0 Å². The minimum absolute atomic E-state index is 0.165. The van der Waals surface area contributed by atoms with Crippen molar-refractivity contribution in [3.63, 3.8) is 0 Å². The third kappa shape index (κ3) is 2.35. The van der Waals surface area contributed by atoms with E-state index in [9.17, 15) is 18.0 Å². The van der Waals surface area contributed by atoms with Gasteiger partial charge in [-0.25, -0.2) is 10.1 Å². The summed E-state index contributed by atoms with van der Waals surface area (Å²) in [6, 6.07) is 3.67. The molecule has 0 aromatic heterocycles. The summed E-state index contributed by atoms with van der Waals surface area (Å²) in [7, 11) is 0.915. The zero-order valence-corrected chi connectivity index (χ0v) is 10.1. The predicted octanol–water partition coefficient (Wildman–Crippen LogP) is 2.68. The number of carbonyl (C=O) groups excluding carboxylic acids is 1. The van der Waals surface area contributed by atoms with Crippen LogP contribution < -0.4 is 14.8 Å². The first-order chi connectivity index (χ1) is 8.77. The Morgan fingerprint density at radius 2 is 2.00 bits per heavy atom. The first-order valence-corrected chi connectivity index (χ1v) is 5.25. The minimum Gasteiger partial charge on any atom is -0.453 e. The number of alkyl carbamates (subject to hydrolysis) is 1. The zero-order valence-electron chi connectivity index (χ0n) is 9.38. The van der Waals surface area contributed by atoms with Crippen molar-refractivity contribution in [1.29, 1.82) is 0 Å². The normalized spacial score (nSPS) is 21.1. The summed E-state index contributed by atoms with van der Waals surface area (Å²) in [5.41, 5.74) is 0. The van der Waals surface area contributed by atoms with Crippen molar-refractivity contribution in [1.82, 2.24) is 5.32 Å². The Morgan fingerprint density at radius 3 is 2.58 bits per heavy atom. The Kier molecular flexibility index (Phi) is 3.13. The third-order valence-electron chi connectivity index (χ3n) is 2.24. The fourth-order valence-electron chi connectivity index (χ4n) is 1.40. The topological polar surface area (TPSA) is 56.8 Å². The molecule has 0 fully saturated rings. The van der Waals surface area contributed by atoms with E-state index in [4.69, 9.17) is 11.6 Å². The first kappa shape index (κ1) is 13.6. The smallest absolute Gasteiger partial charge is 0.453 e. The lowest BCUT2D eigenvalue weighted by Crippen LogP contribution is -2.64. The highest BCUT2D eigenvalue weighted by atomic mass is 35.5. The maximum atomic E-state index is 13.0. The molecule has 2 rings (SSSR count). The van der Waals surface area contributed by atoms with Crippen LogP contribution in [0, 0.1) is 0 Å². The summed E-state index contributed by atoms with van der Waals surface area (Å²) in [5, 5.41) is 1.64. The second-order valence-electron chi connectivity index (χ2n) is 3.53.